The van der Waals surface area contributed by atoms with E-state index in [1.54, 1.807) is 18.2 Å². The number of hydrogen-bond acceptors (Lipinski definition) is 5. The molecule has 19 heavy (non-hydrogen) atoms. The van der Waals surface area contributed by atoms with E-state index in [0.29, 0.717) is 21.9 Å². The van der Waals surface area contributed by atoms with Crippen LogP contribution in [0.25, 0.3) is 0 Å². The molecule has 0 bridgehead atoms. The quantitative estimate of drug-likeness (QED) is 0.943. The van der Waals surface area contributed by atoms with Gasteiger partial charge in [-0.15, -0.1) is 5.10 Å². The Hall–Kier alpha value is -1.38. The van der Waals surface area contributed by atoms with E-state index in [1.807, 2.05) is 0 Å². The fourth-order valence-electron chi connectivity index (χ4n) is 1.29. The first kappa shape index (κ1) is 14.0. The molecule has 0 atom stereocenters. The van der Waals surface area contributed by atoms with Crippen molar-refractivity contribution in [2.75, 3.05) is 0 Å². The molecule has 1 aromatic heterocycles. The number of nitrogens with two attached hydrogens (primary N) is 1. The molecule has 0 saturated heterocycles. The molecule has 0 saturated carbocycles. The molecule has 0 radical (unpaired) electrons. The summed E-state index contributed by atoms with van der Waals surface area (Å²) in [7, 11) is 0. The molecule has 0 aliphatic heterocycles. The second kappa shape index (κ2) is 5.32. The average molecular weight is 310 g/mol. The molecule has 0 unspecified atom stereocenters. The third kappa shape index (κ3) is 3.14. The number of ether oxygens (including phenoxy) is 1. The van der Waals surface area contributed by atoms with Gasteiger partial charge in [0.2, 0.25) is 5.01 Å². The lowest BCUT2D eigenvalue weighted by molar-refractivity contribution is -0.138. The van der Waals surface area contributed by atoms with E-state index in [0.717, 1.165) is 0 Å². The Balaban J connectivity index is 2.27. The standard InChI is InChI=1S/C10H7ClF3N3OS/c11-6-2-1-3-7(5(6)4-15)18-9-17-16-8(19-9)10(12,13)14/h1-3H,4,15H2. The van der Waals surface area contributed by atoms with Crippen molar-refractivity contribution in [1.82, 2.24) is 10.2 Å². The molecule has 1 heterocycles. The predicted molar refractivity (Wildman–Crippen MR) is 64.3 cm³/mol. The first-order chi connectivity index (χ1) is 8.91. The van der Waals surface area contributed by atoms with E-state index < -0.39 is 11.2 Å². The third-order valence-electron chi connectivity index (χ3n) is 2.13. The van der Waals surface area contributed by atoms with Gasteiger partial charge < -0.3 is 10.5 Å². The zero-order valence-electron chi connectivity index (χ0n) is 9.24. The Morgan fingerprint density at radius 2 is 2.05 bits per heavy atom. The summed E-state index contributed by atoms with van der Waals surface area (Å²) in [5, 5.41) is 5.43. The molecule has 1 aromatic carbocycles. The van der Waals surface area contributed by atoms with Crippen molar-refractivity contribution in [1.29, 1.82) is 0 Å². The summed E-state index contributed by atoms with van der Waals surface area (Å²) < 4.78 is 42.3. The molecule has 2 rings (SSSR count). The number of hydrogen-bond donors (Lipinski definition) is 1. The van der Waals surface area contributed by atoms with Gasteiger partial charge in [-0.3, -0.25) is 0 Å². The Labute approximate surface area is 115 Å². The van der Waals surface area contributed by atoms with Crippen LogP contribution in [0.5, 0.6) is 10.9 Å². The summed E-state index contributed by atoms with van der Waals surface area (Å²) in [6.45, 7) is 0.0972. The molecule has 2 aromatic rings. The molecule has 2 N–H and O–H groups in total. The third-order valence-corrected chi connectivity index (χ3v) is 3.33. The van der Waals surface area contributed by atoms with Crippen LogP contribution in [0.4, 0.5) is 13.2 Å². The lowest BCUT2D eigenvalue weighted by atomic mass is 10.2. The highest BCUT2D eigenvalue weighted by atomic mass is 35.5. The topological polar surface area (TPSA) is 61.0 Å². The van der Waals surface area contributed by atoms with Crippen LogP contribution in [0.1, 0.15) is 10.6 Å². The average Bonchev–Trinajstić information content (AvgIpc) is 2.77. The molecule has 0 aliphatic rings. The second-order valence-corrected chi connectivity index (χ2v) is 4.74. The van der Waals surface area contributed by atoms with Crippen LogP contribution in [0.15, 0.2) is 18.2 Å². The SMILES string of the molecule is NCc1c(Cl)cccc1Oc1nnc(C(F)(F)F)s1. The van der Waals surface area contributed by atoms with Gasteiger partial charge in [0.25, 0.3) is 5.19 Å². The van der Waals surface area contributed by atoms with Crippen molar-refractivity contribution in [3.05, 3.63) is 33.8 Å². The number of aromatic nitrogens is 2. The maximum Gasteiger partial charge on any atom is 0.445 e. The number of nitrogens with zero attached hydrogens (tertiary/aromatic N) is 2. The van der Waals surface area contributed by atoms with Crippen molar-refractivity contribution in [2.45, 2.75) is 12.7 Å². The maximum atomic E-state index is 12.4. The van der Waals surface area contributed by atoms with Gasteiger partial charge in [-0.05, 0) is 12.1 Å². The van der Waals surface area contributed by atoms with Crippen LogP contribution in [-0.2, 0) is 12.7 Å². The van der Waals surface area contributed by atoms with E-state index >= 15 is 0 Å². The van der Waals surface area contributed by atoms with Crippen molar-refractivity contribution >= 4 is 22.9 Å². The number of benzene rings is 1. The first-order valence-corrected chi connectivity index (χ1v) is 6.17. The number of halogens is 4. The smallest absolute Gasteiger partial charge is 0.429 e. The molecular weight excluding hydrogens is 303 g/mol. The van der Waals surface area contributed by atoms with E-state index in [2.05, 4.69) is 10.2 Å². The predicted octanol–water partition coefficient (Wildman–Crippen LogP) is 3.46. The summed E-state index contributed by atoms with van der Waals surface area (Å²) in [5.74, 6) is 0.264. The Morgan fingerprint density at radius 1 is 1.32 bits per heavy atom. The minimum atomic E-state index is -4.54. The van der Waals surface area contributed by atoms with Crippen LogP contribution in [0, 0.1) is 0 Å². The van der Waals surface area contributed by atoms with Crippen LogP contribution in [0.3, 0.4) is 0 Å². The first-order valence-electron chi connectivity index (χ1n) is 4.98. The van der Waals surface area contributed by atoms with E-state index in [-0.39, 0.29) is 17.5 Å². The summed E-state index contributed by atoms with van der Waals surface area (Å²) >= 11 is 6.21. The highest BCUT2D eigenvalue weighted by molar-refractivity contribution is 7.13. The van der Waals surface area contributed by atoms with Crippen LogP contribution < -0.4 is 10.5 Å². The van der Waals surface area contributed by atoms with E-state index in [1.165, 1.54) is 0 Å². The number of rotatable bonds is 3. The van der Waals surface area contributed by atoms with Crippen molar-refractivity contribution < 1.29 is 17.9 Å². The lowest BCUT2D eigenvalue weighted by Gasteiger charge is -2.08. The zero-order chi connectivity index (χ0) is 14.0. The second-order valence-electron chi connectivity index (χ2n) is 3.39. The Kier molecular flexibility index (Phi) is 3.93. The number of alkyl halides is 3. The summed E-state index contributed by atoms with van der Waals surface area (Å²) in [4.78, 5) is 0. The lowest BCUT2D eigenvalue weighted by Crippen LogP contribution is -2.03. The molecule has 4 nitrogen and oxygen atoms in total. The van der Waals surface area contributed by atoms with Gasteiger partial charge >= 0.3 is 6.18 Å². The molecule has 0 amide bonds. The Morgan fingerprint density at radius 3 is 2.63 bits per heavy atom. The highest BCUT2D eigenvalue weighted by Crippen LogP contribution is 2.36. The minimum Gasteiger partial charge on any atom is -0.429 e. The summed E-state index contributed by atoms with van der Waals surface area (Å²) in [6.07, 6.45) is -4.54. The molecule has 0 spiro atoms. The minimum absolute atomic E-state index is 0.0972. The molecule has 9 heteroatoms. The summed E-state index contributed by atoms with van der Waals surface area (Å²) in [6, 6.07) is 4.75. The molecule has 102 valence electrons. The normalized spacial score (nSPS) is 11.6. The van der Waals surface area contributed by atoms with Crippen molar-refractivity contribution in [2.24, 2.45) is 5.73 Å². The highest BCUT2D eigenvalue weighted by Gasteiger charge is 2.36. The van der Waals surface area contributed by atoms with Crippen LogP contribution in [-0.4, -0.2) is 10.2 Å². The van der Waals surface area contributed by atoms with E-state index in [4.69, 9.17) is 22.1 Å². The largest absolute Gasteiger partial charge is 0.445 e. The van der Waals surface area contributed by atoms with Gasteiger partial charge in [-0.2, -0.15) is 13.2 Å². The van der Waals surface area contributed by atoms with Gasteiger partial charge in [-0.1, -0.05) is 34.1 Å². The Bertz CT molecular complexity index is 588. The van der Waals surface area contributed by atoms with Crippen LogP contribution in [0.2, 0.25) is 5.02 Å². The maximum absolute atomic E-state index is 12.4. The molecular formula is C10H7ClF3N3OS. The van der Waals surface area contributed by atoms with Gasteiger partial charge in [0.15, 0.2) is 0 Å². The fraction of sp³-hybridized carbons (Fsp3) is 0.200. The fourth-order valence-corrected chi connectivity index (χ4v) is 2.11. The van der Waals surface area contributed by atoms with Gasteiger partial charge in [0, 0.05) is 17.1 Å². The van der Waals surface area contributed by atoms with Crippen LogP contribution >= 0.6 is 22.9 Å². The van der Waals surface area contributed by atoms with Gasteiger partial charge in [0.05, 0.1) is 0 Å². The van der Waals surface area contributed by atoms with Crippen molar-refractivity contribution in [3.63, 3.8) is 0 Å². The monoisotopic (exact) mass is 309 g/mol. The van der Waals surface area contributed by atoms with E-state index in [9.17, 15) is 13.2 Å². The van der Waals surface area contributed by atoms with Crippen molar-refractivity contribution in [3.8, 4) is 10.9 Å². The van der Waals surface area contributed by atoms with Gasteiger partial charge in [0.1, 0.15) is 5.75 Å². The van der Waals surface area contributed by atoms with Gasteiger partial charge in [-0.25, -0.2) is 0 Å². The molecule has 0 fully saturated rings. The zero-order valence-corrected chi connectivity index (χ0v) is 10.8. The molecule has 0 aliphatic carbocycles. The summed E-state index contributed by atoms with van der Waals surface area (Å²) in [5.41, 5.74) is 6.00.